The van der Waals surface area contributed by atoms with Gasteiger partial charge in [-0.25, -0.2) is 0 Å². The van der Waals surface area contributed by atoms with Crippen LogP contribution in [0.1, 0.15) is 17.0 Å². The van der Waals surface area contributed by atoms with Crippen molar-refractivity contribution in [3.63, 3.8) is 0 Å². The molecule has 3 aromatic rings. The van der Waals surface area contributed by atoms with Gasteiger partial charge >= 0.3 is 0 Å². The summed E-state index contributed by atoms with van der Waals surface area (Å²) in [6.45, 7) is 4.73. The van der Waals surface area contributed by atoms with Gasteiger partial charge in [0.2, 0.25) is 5.91 Å². The van der Waals surface area contributed by atoms with Crippen LogP contribution in [0, 0.1) is 13.8 Å². The van der Waals surface area contributed by atoms with Crippen LogP contribution >= 0.6 is 27.5 Å². The summed E-state index contributed by atoms with van der Waals surface area (Å²) in [5, 5.41) is 11.9. The summed E-state index contributed by atoms with van der Waals surface area (Å²) in [5.41, 5.74) is 3.82. The fraction of sp³-hybridized carbons (Fsp3) is 0.235. The molecule has 0 spiro atoms. The minimum Gasteiger partial charge on any atom is -0.324 e. The number of hydrogen-bond acceptors (Lipinski definition) is 3. The number of amides is 1. The zero-order valence-corrected chi connectivity index (χ0v) is 16.2. The van der Waals surface area contributed by atoms with E-state index >= 15 is 0 Å². The molecule has 8 heteroatoms. The molecule has 2 aromatic heterocycles. The molecule has 0 bridgehead atoms. The third-order valence-corrected chi connectivity index (χ3v) is 5.09. The molecule has 0 saturated carbocycles. The average Bonchev–Trinajstić information content (AvgIpc) is 3.06. The lowest BCUT2D eigenvalue weighted by Crippen LogP contribution is -2.19. The highest BCUT2D eigenvalue weighted by Gasteiger charge is 2.10. The van der Waals surface area contributed by atoms with Gasteiger partial charge in [-0.1, -0.05) is 23.7 Å². The molecule has 3 rings (SSSR count). The quantitative estimate of drug-likeness (QED) is 0.680. The van der Waals surface area contributed by atoms with E-state index in [1.54, 1.807) is 6.20 Å². The SMILES string of the molecule is Cc1nn(Cc2cccc(NC(=O)Cn3cc(Cl)cn3)c2)c(C)c1Br. The number of anilines is 1. The van der Waals surface area contributed by atoms with Crippen LogP contribution in [0.2, 0.25) is 5.02 Å². The maximum atomic E-state index is 12.1. The first-order chi connectivity index (χ1) is 11.9. The number of nitrogens with zero attached hydrogens (tertiary/aromatic N) is 4. The van der Waals surface area contributed by atoms with Gasteiger partial charge in [0.15, 0.2) is 0 Å². The van der Waals surface area contributed by atoms with Crippen molar-refractivity contribution in [1.82, 2.24) is 19.6 Å². The number of carbonyl (C=O) groups excluding carboxylic acids is 1. The third kappa shape index (κ3) is 4.29. The van der Waals surface area contributed by atoms with Crippen LogP contribution < -0.4 is 5.32 Å². The van der Waals surface area contributed by atoms with Crippen LogP contribution in [0.3, 0.4) is 0 Å². The van der Waals surface area contributed by atoms with Crippen molar-refractivity contribution in [3.8, 4) is 0 Å². The zero-order chi connectivity index (χ0) is 18.0. The number of rotatable bonds is 5. The minimum absolute atomic E-state index is 0.112. The fourth-order valence-electron chi connectivity index (χ4n) is 2.52. The molecule has 0 saturated heterocycles. The lowest BCUT2D eigenvalue weighted by atomic mass is 10.2. The van der Waals surface area contributed by atoms with E-state index in [1.165, 1.54) is 10.9 Å². The van der Waals surface area contributed by atoms with Gasteiger partial charge in [0, 0.05) is 11.9 Å². The van der Waals surface area contributed by atoms with E-state index < -0.39 is 0 Å². The van der Waals surface area contributed by atoms with Crippen molar-refractivity contribution in [3.05, 3.63) is 63.1 Å². The molecule has 0 fully saturated rings. The largest absolute Gasteiger partial charge is 0.324 e. The number of benzene rings is 1. The van der Waals surface area contributed by atoms with Crippen molar-refractivity contribution < 1.29 is 4.79 Å². The van der Waals surface area contributed by atoms with Crippen LogP contribution in [-0.2, 0) is 17.9 Å². The van der Waals surface area contributed by atoms with Gasteiger partial charge in [0.05, 0.1) is 33.6 Å². The molecular formula is C17H17BrClN5O. The maximum Gasteiger partial charge on any atom is 0.246 e. The molecule has 0 unspecified atom stereocenters. The highest BCUT2D eigenvalue weighted by atomic mass is 79.9. The van der Waals surface area contributed by atoms with Crippen molar-refractivity contribution in [2.75, 3.05) is 5.32 Å². The molecule has 25 heavy (non-hydrogen) atoms. The van der Waals surface area contributed by atoms with E-state index in [1.807, 2.05) is 42.8 Å². The molecule has 0 aliphatic rings. The van der Waals surface area contributed by atoms with Gasteiger partial charge in [-0.3, -0.25) is 14.2 Å². The van der Waals surface area contributed by atoms with E-state index in [0.29, 0.717) is 11.6 Å². The third-order valence-electron chi connectivity index (χ3n) is 3.74. The van der Waals surface area contributed by atoms with E-state index in [4.69, 9.17) is 11.6 Å². The Labute approximate surface area is 158 Å². The number of nitrogens with one attached hydrogen (secondary N) is 1. The van der Waals surface area contributed by atoms with Gasteiger partial charge in [0.1, 0.15) is 6.54 Å². The number of carbonyl (C=O) groups is 1. The fourth-order valence-corrected chi connectivity index (χ4v) is 2.96. The summed E-state index contributed by atoms with van der Waals surface area (Å²) in [6, 6.07) is 7.72. The van der Waals surface area contributed by atoms with Crippen LogP contribution in [-0.4, -0.2) is 25.5 Å². The van der Waals surface area contributed by atoms with Gasteiger partial charge in [-0.15, -0.1) is 0 Å². The lowest BCUT2D eigenvalue weighted by Gasteiger charge is -2.09. The molecule has 130 valence electrons. The summed E-state index contributed by atoms with van der Waals surface area (Å²) in [5.74, 6) is -0.161. The van der Waals surface area contributed by atoms with Gasteiger partial charge in [-0.05, 0) is 47.5 Å². The standard InChI is InChI=1S/C17H17BrClN5O/c1-11-17(18)12(2)24(22-11)8-13-4-3-5-15(6-13)21-16(25)10-23-9-14(19)7-20-23/h3-7,9H,8,10H2,1-2H3,(H,21,25). The van der Waals surface area contributed by atoms with E-state index in [-0.39, 0.29) is 12.5 Å². The Morgan fingerprint density at radius 2 is 2.16 bits per heavy atom. The van der Waals surface area contributed by atoms with E-state index in [2.05, 4.69) is 31.4 Å². The number of aryl methyl sites for hydroxylation is 1. The molecule has 1 aromatic carbocycles. The Morgan fingerprint density at radius 3 is 2.80 bits per heavy atom. The first-order valence-corrected chi connectivity index (χ1v) is 8.85. The first kappa shape index (κ1) is 17.7. The molecule has 1 N–H and O–H groups in total. The Morgan fingerprint density at radius 1 is 1.36 bits per heavy atom. The average molecular weight is 423 g/mol. The van der Waals surface area contributed by atoms with E-state index in [0.717, 1.165) is 27.1 Å². The van der Waals surface area contributed by atoms with Crippen LogP contribution in [0.5, 0.6) is 0 Å². The number of halogens is 2. The Kier molecular flexibility index (Phi) is 5.24. The number of aromatic nitrogens is 4. The summed E-state index contributed by atoms with van der Waals surface area (Å²) in [4.78, 5) is 12.1. The molecule has 1 amide bonds. The Hall–Kier alpha value is -2.12. The maximum absolute atomic E-state index is 12.1. The molecular weight excluding hydrogens is 406 g/mol. The predicted octanol–water partition coefficient (Wildman–Crippen LogP) is 3.80. The summed E-state index contributed by atoms with van der Waals surface area (Å²) in [7, 11) is 0. The topological polar surface area (TPSA) is 64.7 Å². The van der Waals surface area contributed by atoms with Crippen LogP contribution in [0.15, 0.2) is 41.1 Å². The van der Waals surface area contributed by atoms with Gasteiger partial charge in [-0.2, -0.15) is 10.2 Å². The monoisotopic (exact) mass is 421 g/mol. The summed E-state index contributed by atoms with van der Waals surface area (Å²) >= 11 is 9.34. The molecule has 0 radical (unpaired) electrons. The van der Waals surface area contributed by atoms with Crippen molar-refractivity contribution in [2.24, 2.45) is 0 Å². The predicted molar refractivity (Wildman–Crippen MR) is 101 cm³/mol. The second kappa shape index (κ2) is 7.41. The lowest BCUT2D eigenvalue weighted by molar-refractivity contribution is -0.116. The normalized spacial score (nSPS) is 10.9. The Bertz CT molecular complexity index is 918. The molecule has 2 heterocycles. The smallest absolute Gasteiger partial charge is 0.246 e. The minimum atomic E-state index is -0.161. The van der Waals surface area contributed by atoms with Crippen molar-refractivity contribution in [1.29, 1.82) is 0 Å². The molecule has 0 aliphatic carbocycles. The van der Waals surface area contributed by atoms with E-state index in [9.17, 15) is 4.79 Å². The van der Waals surface area contributed by atoms with Gasteiger partial charge < -0.3 is 5.32 Å². The zero-order valence-electron chi connectivity index (χ0n) is 13.8. The van der Waals surface area contributed by atoms with Crippen LogP contribution in [0.25, 0.3) is 0 Å². The molecule has 6 nitrogen and oxygen atoms in total. The summed E-state index contributed by atoms with van der Waals surface area (Å²) in [6.07, 6.45) is 3.11. The van der Waals surface area contributed by atoms with Crippen LogP contribution in [0.4, 0.5) is 5.69 Å². The van der Waals surface area contributed by atoms with Gasteiger partial charge in [0.25, 0.3) is 0 Å². The molecule has 0 atom stereocenters. The highest BCUT2D eigenvalue weighted by Crippen LogP contribution is 2.21. The Balaban J connectivity index is 1.68. The number of hydrogen-bond donors (Lipinski definition) is 1. The van der Waals surface area contributed by atoms with Crippen molar-refractivity contribution >= 4 is 39.1 Å². The highest BCUT2D eigenvalue weighted by molar-refractivity contribution is 9.10. The summed E-state index contributed by atoms with van der Waals surface area (Å²) < 4.78 is 4.45. The second-order valence-electron chi connectivity index (χ2n) is 5.75. The molecule has 0 aliphatic heterocycles. The first-order valence-electron chi connectivity index (χ1n) is 7.68. The van der Waals surface area contributed by atoms with Crippen molar-refractivity contribution in [2.45, 2.75) is 26.9 Å². The second-order valence-corrected chi connectivity index (χ2v) is 6.98.